The molecule has 0 aliphatic heterocycles. The van der Waals surface area contributed by atoms with Gasteiger partial charge in [0.15, 0.2) is 0 Å². The fraction of sp³-hybridized carbons (Fsp3) is 0.385. The monoisotopic (exact) mass is 264 g/mol. The number of nitrogens with one attached hydrogen (secondary N) is 2. The molecule has 0 bridgehead atoms. The maximum Gasteiger partial charge on any atom is 0.250 e. The number of carbonyl (C=O) groups is 2. The normalized spacial score (nSPS) is 10.9. The highest BCUT2D eigenvalue weighted by Crippen LogP contribution is 2.24. The molecular formula is C13H20N4O2. The average Bonchev–Trinajstić information content (AvgIpc) is 2.36. The van der Waals surface area contributed by atoms with Crippen molar-refractivity contribution in [1.29, 1.82) is 0 Å². The van der Waals surface area contributed by atoms with Crippen LogP contribution < -0.4 is 22.1 Å². The molecule has 1 aromatic rings. The van der Waals surface area contributed by atoms with Gasteiger partial charge in [-0.3, -0.25) is 9.59 Å². The molecule has 6 heteroatoms. The number of amides is 2. The largest absolute Gasteiger partial charge is 0.396 e. The summed E-state index contributed by atoms with van der Waals surface area (Å²) >= 11 is 0. The van der Waals surface area contributed by atoms with Gasteiger partial charge < -0.3 is 22.1 Å². The number of para-hydroxylation sites is 1. The lowest BCUT2D eigenvalue weighted by Gasteiger charge is -2.24. The minimum absolute atomic E-state index is 0.0790. The number of benzene rings is 1. The molecule has 0 heterocycles. The topological polar surface area (TPSA) is 110 Å². The number of rotatable bonds is 5. The molecule has 104 valence electrons. The van der Waals surface area contributed by atoms with E-state index in [9.17, 15) is 9.59 Å². The van der Waals surface area contributed by atoms with Crippen molar-refractivity contribution in [1.82, 2.24) is 5.32 Å². The maximum atomic E-state index is 11.7. The fourth-order valence-electron chi connectivity index (χ4n) is 1.67. The number of hydrogen-bond acceptors (Lipinski definition) is 4. The molecule has 2 amide bonds. The fourth-order valence-corrected chi connectivity index (χ4v) is 1.67. The quantitative estimate of drug-likeness (QED) is 0.582. The van der Waals surface area contributed by atoms with Gasteiger partial charge in [-0.05, 0) is 26.0 Å². The molecule has 1 aromatic carbocycles. The van der Waals surface area contributed by atoms with E-state index in [0.29, 0.717) is 17.9 Å². The molecule has 1 rings (SSSR count). The van der Waals surface area contributed by atoms with Crippen LogP contribution in [0, 0.1) is 5.41 Å². The van der Waals surface area contributed by atoms with Crippen LogP contribution in [-0.4, -0.2) is 25.4 Å². The second-order valence-electron chi connectivity index (χ2n) is 4.95. The van der Waals surface area contributed by atoms with Gasteiger partial charge in [-0.25, -0.2) is 0 Å². The van der Waals surface area contributed by atoms with Gasteiger partial charge in [-0.2, -0.15) is 0 Å². The second kappa shape index (κ2) is 5.60. The molecule has 0 aliphatic carbocycles. The first kappa shape index (κ1) is 14.8. The van der Waals surface area contributed by atoms with Gasteiger partial charge >= 0.3 is 0 Å². The Morgan fingerprint density at radius 1 is 1.32 bits per heavy atom. The Balaban J connectivity index is 2.87. The van der Waals surface area contributed by atoms with Crippen molar-refractivity contribution >= 4 is 23.2 Å². The lowest BCUT2D eigenvalue weighted by molar-refractivity contribution is -0.128. The average molecular weight is 264 g/mol. The number of anilines is 2. The number of nitrogen functional groups attached to an aromatic ring is 1. The number of carbonyl (C=O) groups excluding carboxylic acids is 2. The Morgan fingerprint density at radius 2 is 1.95 bits per heavy atom. The zero-order chi connectivity index (χ0) is 14.6. The third-order valence-corrected chi connectivity index (χ3v) is 2.93. The van der Waals surface area contributed by atoms with E-state index in [1.807, 2.05) is 13.8 Å². The van der Waals surface area contributed by atoms with Crippen LogP contribution >= 0.6 is 0 Å². The smallest absolute Gasteiger partial charge is 0.250 e. The molecule has 0 saturated heterocycles. The highest BCUT2D eigenvalue weighted by molar-refractivity contribution is 6.00. The van der Waals surface area contributed by atoms with Crippen LogP contribution in [0.1, 0.15) is 24.2 Å². The Kier molecular flexibility index (Phi) is 4.37. The first-order valence-electron chi connectivity index (χ1n) is 5.94. The summed E-state index contributed by atoms with van der Waals surface area (Å²) in [5, 5.41) is 5.67. The van der Waals surface area contributed by atoms with Gasteiger partial charge in [0.25, 0.3) is 5.91 Å². The van der Waals surface area contributed by atoms with Crippen molar-refractivity contribution in [3.8, 4) is 0 Å². The number of primary amides is 1. The summed E-state index contributed by atoms with van der Waals surface area (Å²) in [5.41, 5.74) is 11.6. The van der Waals surface area contributed by atoms with E-state index < -0.39 is 11.3 Å². The number of nitrogens with two attached hydrogens (primary N) is 2. The molecule has 0 spiro atoms. The molecular weight excluding hydrogens is 244 g/mol. The van der Waals surface area contributed by atoms with Gasteiger partial charge in [-0.1, -0.05) is 6.07 Å². The summed E-state index contributed by atoms with van der Waals surface area (Å²) < 4.78 is 0. The summed E-state index contributed by atoms with van der Waals surface area (Å²) in [6.07, 6.45) is 0. The van der Waals surface area contributed by atoms with Gasteiger partial charge in [-0.15, -0.1) is 0 Å². The highest BCUT2D eigenvalue weighted by Gasteiger charge is 2.26. The van der Waals surface area contributed by atoms with Crippen molar-refractivity contribution in [3.05, 3.63) is 23.8 Å². The van der Waals surface area contributed by atoms with Gasteiger partial charge in [0, 0.05) is 13.6 Å². The van der Waals surface area contributed by atoms with Crippen molar-refractivity contribution < 1.29 is 9.59 Å². The zero-order valence-corrected chi connectivity index (χ0v) is 11.4. The summed E-state index contributed by atoms with van der Waals surface area (Å²) in [4.78, 5) is 22.8. The third kappa shape index (κ3) is 3.37. The predicted octanol–water partition coefficient (Wildman–Crippen LogP) is 0.552. The van der Waals surface area contributed by atoms with Gasteiger partial charge in [0.1, 0.15) is 0 Å². The Labute approximate surface area is 112 Å². The summed E-state index contributed by atoms with van der Waals surface area (Å²) in [5.74, 6) is -0.656. The molecule has 19 heavy (non-hydrogen) atoms. The standard InChI is InChI=1S/C13H20N4O2/c1-13(2,12(19)16-3)7-17-9-6-4-5-8(10(9)14)11(15)18/h4-6,17H,7,14H2,1-3H3,(H2,15,18)(H,16,19). The molecule has 0 fully saturated rings. The third-order valence-electron chi connectivity index (χ3n) is 2.93. The van der Waals surface area contributed by atoms with E-state index in [1.165, 1.54) is 0 Å². The van der Waals surface area contributed by atoms with Crippen molar-refractivity contribution in [2.45, 2.75) is 13.8 Å². The Bertz CT molecular complexity index is 497. The van der Waals surface area contributed by atoms with Crippen molar-refractivity contribution in [3.63, 3.8) is 0 Å². The van der Waals surface area contributed by atoms with Crippen molar-refractivity contribution in [2.75, 3.05) is 24.6 Å². The van der Waals surface area contributed by atoms with E-state index in [0.717, 1.165) is 0 Å². The maximum absolute atomic E-state index is 11.7. The summed E-state index contributed by atoms with van der Waals surface area (Å²) in [6.45, 7) is 4.01. The van der Waals surface area contributed by atoms with Crippen LogP contribution in [0.4, 0.5) is 11.4 Å². The van der Waals surface area contributed by atoms with Gasteiger partial charge in [0.2, 0.25) is 5.91 Å². The van der Waals surface area contributed by atoms with Crippen LogP contribution in [0.3, 0.4) is 0 Å². The molecule has 0 atom stereocenters. The SMILES string of the molecule is CNC(=O)C(C)(C)CNc1cccc(C(N)=O)c1N. The van der Waals surface area contributed by atoms with Gasteiger partial charge in [0.05, 0.1) is 22.4 Å². The molecule has 6 nitrogen and oxygen atoms in total. The zero-order valence-electron chi connectivity index (χ0n) is 11.4. The molecule has 0 radical (unpaired) electrons. The van der Waals surface area contributed by atoms with E-state index in [1.54, 1.807) is 25.2 Å². The molecule has 6 N–H and O–H groups in total. The first-order chi connectivity index (χ1) is 8.79. The first-order valence-corrected chi connectivity index (χ1v) is 5.94. The van der Waals surface area contributed by atoms with E-state index in [-0.39, 0.29) is 11.5 Å². The second-order valence-corrected chi connectivity index (χ2v) is 4.95. The van der Waals surface area contributed by atoms with Crippen LogP contribution in [0.5, 0.6) is 0 Å². The highest BCUT2D eigenvalue weighted by atomic mass is 16.2. The lowest BCUT2D eigenvalue weighted by Crippen LogP contribution is -2.39. The van der Waals surface area contributed by atoms with Crippen molar-refractivity contribution in [2.24, 2.45) is 11.1 Å². The van der Waals surface area contributed by atoms with E-state index in [4.69, 9.17) is 11.5 Å². The minimum atomic E-state index is -0.593. The Hall–Kier alpha value is -2.24. The molecule has 0 saturated carbocycles. The van der Waals surface area contributed by atoms with Crippen LogP contribution in [0.25, 0.3) is 0 Å². The van der Waals surface area contributed by atoms with Crippen LogP contribution in [-0.2, 0) is 4.79 Å². The van der Waals surface area contributed by atoms with E-state index in [2.05, 4.69) is 10.6 Å². The molecule has 0 aromatic heterocycles. The van der Waals surface area contributed by atoms with Crippen LogP contribution in [0.2, 0.25) is 0 Å². The number of hydrogen-bond donors (Lipinski definition) is 4. The minimum Gasteiger partial charge on any atom is -0.396 e. The molecule has 0 aliphatic rings. The summed E-state index contributed by atoms with van der Waals surface area (Å²) in [7, 11) is 1.59. The molecule has 0 unspecified atom stereocenters. The van der Waals surface area contributed by atoms with E-state index >= 15 is 0 Å². The van der Waals surface area contributed by atoms with Crippen LogP contribution in [0.15, 0.2) is 18.2 Å². The predicted molar refractivity (Wildman–Crippen MR) is 75.7 cm³/mol. The Morgan fingerprint density at radius 3 is 2.47 bits per heavy atom. The summed E-state index contributed by atoms with van der Waals surface area (Å²) in [6, 6.07) is 4.99. The lowest BCUT2D eigenvalue weighted by atomic mass is 9.92.